The van der Waals surface area contributed by atoms with Gasteiger partial charge in [-0.15, -0.1) is 4.40 Å². The molecule has 2 N–H and O–H groups in total. The van der Waals surface area contributed by atoms with Gasteiger partial charge in [0.05, 0.1) is 32.0 Å². The molecule has 0 aliphatic carbocycles. The van der Waals surface area contributed by atoms with Crippen LogP contribution < -0.4 is 0 Å². The van der Waals surface area contributed by atoms with Crippen LogP contribution in [0, 0.1) is 0 Å². The molecule has 10 heteroatoms. The molecular formula is C18H17N3O6S. The maximum atomic E-state index is 12.2. The van der Waals surface area contributed by atoms with Crippen molar-refractivity contribution in [3.8, 4) is 5.75 Å². The number of phenolic OH excluding ortho intramolecular Hbond substituents is 1. The molecule has 2 aromatic rings. The fraction of sp³-hybridized carbons (Fsp3) is 0.167. The molecule has 0 spiro atoms. The van der Waals surface area contributed by atoms with E-state index in [1.165, 1.54) is 42.6 Å². The van der Waals surface area contributed by atoms with Gasteiger partial charge >= 0.3 is 5.97 Å². The van der Waals surface area contributed by atoms with Crippen molar-refractivity contribution < 1.29 is 28.2 Å². The van der Waals surface area contributed by atoms with Crippen LogP contribution in [0.4, 0.5) is 0 Å². The summed E-state index contributed by atoms with van der Waals surface area (Å²) in [6.07, 6.45) is 1.24. The summed E-state index contributed by atoms with van der Waals surface area (Å²) in [5.41, 5.74) is 0.780. The second-order valence-corrected chi connectivity index (χ2v) is 7.32. The lowest BCUT2D eigenvalue weighted by atomic mass is 10.1. The van der Waals surface area contributed by atoms with Crippen molar-refractivity contribution in [1.29, 1.82) is 0 Å². The van der Waals surface area contributed by atoms with Crippen LogP contribution in [0.15, 0.2) is 56.9 Å². The molecule has 0 fully saturated rings. The van der Waals surface area contributed by atoms with Gasteiger partial charge in [-0.05, 0) is 30.3 Å². The van der Waals surface area contributed by atoms with Gasteiger partial charge in [-0.2, -0.15) is 13.5 Å². The van der Waals surface area contributed by atoms with Crippen LogP contribution >= 0.6 is 0 Å². The molecule has 2 aromatic carbocycles. The molecule has 1 aliphatic rings. The van der Waals surface area contributed by atoms with Crippen molar-refractivity contribution in [2.75, 3.05) is 20.3 Å². The van der Waals surface area contributed by atoms with E-state index in [4.69, 9.17) is 0 Å². The normalized spacial score (nSPS) is 14.6. The van der Waals surface area contributed by atoms with Gasteiger partial charge in [-0.1, -0.05) is 12.1 Å². The first-order valence-corrected chi connectivity index (χ1v) is 9.59. The zero-order chi connectivity index (χ0) is 20.3. The van der Waals surface area contributed by atoms with Crippen molar-refractivity contribution in [2.24, 2.45) is 9.50 Å². The lowest BCUT2D eigenvalue weighted by Crippen LogP contribution is -2.28. The number of hydrogen-bond acceptors (Lipinski definition) is 8. The summed E-state index contributed by atoms with van der Waals surface area (Å²) < 4.78 is 32.9. The average Bonchev–Trinajstić information content (AvgIpc) is 2.97. The topological polar surface area (TPSA) is 129 Å². The number of carbonyl (C=O) groups excluding carboxylic acids is 1. The van der Waals surface area contributed by atoms with E-state index in [9.17, 15) is 23.4 Å². The number of aliphatic hydroxyl groups excluding tert-OH is 1. The van der Waals surface area contributed by atoms with E-state index in [1.807, 2.05) is 0 Å². The molecule has 0 amide bonds. The molecule has 0 unspecified atom stereocenters. The molecule has 0 saturated heterocycles. The van der Waals surface area contributed by atoms with Gasteiger partial charge in [0.15, 0.2) is 5.84 Å². The number of hydrogen-bond donors (Lipinski definition) is 2. The minimum atomic E-state index is -3.85. The Morgan fingerprint density at radius 1 is 1.29 bits per heavy atom. The number of amidine groups is 1. The molecule has 146 valence electrons. The SMILES string of the molecule is COC(=O)c1ccc(O)c(/C=N\N(CCO)C2=NS(=O)(=O)c3ccccc32)c1. The summed E-state index contributed by atoms with van der Waals surface area (Å²) in [6.45, 7) is -0.344. The van der Waals surface area contributed by atoms with Gasteiger partial charge in [0.25, 0.3) is 10.0 Å². The Balaban J connectivity index is 1.99. The Morgan fingerprint density at radius 2 is 2.04 bits per heavy atom. The van der Waals surface area contributed by atoms with Gasteiger partial charge in [-0.25, -0.2) is 9.80 Å². The van der Waals surface area contributed by atoms with Crippen LogP contribution in [0.5, 0.6) is 5.75 Å². The molecule has 0 saturated carbocycles. The predicted octanol–water partition coefficient (Wildman–Crippen LogP) is 0.956. The van der Waals surface area contributed by atoms with E-state index in [2.05, 4.69) is 14.2 Å². The van der Waals surface area contributed by atoms with E-state index >= 15 is 0 Å². The number of methoxy groups -OCH3 is 1. The second kappa shape index (κ2) is 7.79. The largest absolute Gasteiger partial charge is 0.507 e. The maximum absolute atomic E-state index is 12.2. The third kappa shape index (κ3) is 3.73. The van der Waals surface area contributed by atoms with Gasteiger partial charge < -0.3 is 14.9 Å². The van der Waals surface area contributed by atoms with E-state index in [1.54, 1.807) is 18.2 Å². The molecule has 0 radical (unpaired) electrons. The molecule has 28 heavy (non-hydrogen) atoms. The highest BCUT2D eigenvalue weighted by molar-refractivity contribution is 7.90. The van der Waals surface area contributed by atoms with Crippen molar-refractivity contribution >= 4 is 28.0 Å². The second-order valence-electron chi connectivity index (χ2n) is 5.74. The molecule has 0 bridgehead atoms. The predicted molar refractivity (Wildman–Crippen MR) is 101 cm³/mol. The monoisotopic (exact) mass is 403 g/mol. The van der Waals surface area contributed by atoms with Crippen LogP contribution in [0.2, 0.25) is 0 Å². The fourth-order valence-electron chi connectivity index (χ4n) is 2.62. The third-order valence-corrected chi connectivity index (χ3v) is 5.28. The molecule has 0 atom stereocenters. The van der Waals surface area contributed by atoms with Crippen LogP contribution in [-0.4, -0.2) is 61.9 Å². The highest BCUT2D eigenvalue weighted by Gasteiger charge is 2.31. The highest BCUT2D eigenvalue weighted by Crippen LogP contribution is 2.27. The molecule has 1 aliphatic heterocycles. The number of fused-ring (bicyclic) bond motifs is 1. The third-order valence-electron chi connectivity index (χ3n) is 3.95. The summed E-state index contributed by atoms with van der Waals surface area (Å²) >= 11 is 0. The Labute approximate surface area is 161 Å². The minimum Gasteiger partial charge on any atom is -0.507 e. The summed E-state index contributed by atoms with van der Waals surface area (Å²) in [5, 5.41) is 24.7. The van der Waals surface area contributed by atoms with Crippen molar-refractivity contribution in [3.63, 3.8) is 0 Å². The van der Waals surface area contributed by atoms with E-state index < -0.39 is 16.0 Å². The number of benzene rings is 2. The van der Waals surface area contributed by atoms with Crippen LogP contribution in [0.1, 0.15) is 21.5 Å². The van der Waals surface area contributed by atoms with Crippen molar-refractivity contribution in [2.45, 2.75) is 4.90 Å². The van der Waals surface area contributed by atoms with Crippen LogP contribution in [0.25, 0.3) is 0 Å². The summed E-state index contributed by atoms with van der Waals surface area (Å²) in [6, 6.07) is 10.4. The van der Waals surface area contributed by atoms with Crippen molar-refractivity contribution in [3.05, 3.63) is 59.2 Å². The number of ether oxygens (including phenoxy) is 1. The lowest BCUT2D eigenvalue weighted by molar-refractivity contribution is 0.0600. The van der Waals surface area contributed by atoms with Crippen LogP contribution in [0.3, 0.4) is 0 Å². The van der Waals surface area contributed by atoms with Gasteiger partial charge in [-0.3, -0.25) is 0 Å². The molecule has 3 rings (SSSR count). The standard InChI is InChI=1S/C18H17N3O6S/c1-27-18(24)12-6-7-15(23)13(10-12)11-19-21(8-9-22)17-14-4-2-3-5-16(14)28(25,26)20-17/h2-7,10-11,22-23H,8-9H2,1H3/b19-11-. The number of hydrazone groups is 1. The lowest BCUT2D eigenvalue weighted by Gasteiger charge is -2.17. The first-order valence-electron chi connectivity index (χ1n) is 8.15. The quantitative estimate of drug-likeness (QED) is 0.432. The molecule has 1 heterocycles. The van der Waals surface area contributed by atoms with Gasteiger partial charge in [0, 0.05) is 11.1 Å². The highest BCUT2D eigenvalue weighted by atomic mass is 32.2. The number of aliphatic hydroxyl groups is 1. The first-order chi connectivity index (χ1) is 13.4. The number of sulfonamides is 1. The average molecular weight is 403 g/mol. The maximum Gasteiger partial charge on any atom is 0.337 e. The number of rotatable bonds is 5. The van der Waals surface area contributed by atoms with E-state index in [0.29, 0.717) is 5.56 Å². The molecule has 0 aromatic heterocycles. The number of nitrogens with zero attached hydrogens (tertiary/aromatic N) is 3. The van der Waals surface area contributed by atoms with Crippen LogP contribution in [-0.2, 0) is 14.8 Å². The number of phenols is 1. The zero-order valence-electron chi connectivity index (χ0n) is 14.8. The molecule has 9 nitrogen and oxygen atoms in total. The summed E-state index contributed by atoms with van der Waals surface area (Å²) in [7, 11) is -2.61. The zero-order valence-corrected chi connectivity index (χ0v) is 15.6. The number of carbonyl (C=O) groups is 1. The number of esters is 1. The van der Waals surface area contributed by atoms with Crippen molar-refractivity contribution in [1.82, 2.24) is 5.01 Å². The smallest absolute Gasteiger partial charge is 0.337 e. The Kier molecular flexibility index (Phi) is 5.43. The Morgan fingerprint density at radius 3 is 2.75 bits per heavy atom. The summed E-state index contributed by atoms with van der Waals surface area (Å²) in [5.74, 6) is -0.659. The fourth-order valence-corrected chi connectivity index (χ4v) is 3.83. The van der Waals surface area contributed by atoms with E-state index in [0.717, 1.165) is 0 Å². The summed E-state index contributed by atoms with van der Waals surface area (Å²) in [4.78, 5) is 11.7. The Hall–Kier alpha value is -3.24. The van der Waals surface area contributed by atoms with E-state index in [-0.39, 0.29) is 40.8 Å². The minimum absolute atomic E-state index is 0.0311. The van der Waals surface area contributed by atoms with Gasteiger partial charge in [0.2, 0.25) is 0 Å². The molecular weight excluding hydrogens is 386 g/mol. The first kappa shape index (κ1) is 19.5. The van der Waals surface area contributed by atoms with Gasteiger partial charge in [0.1, 0.15) is 10.6 Å². The Bertz CT molecular complexity index is 1080. The number of aromatic hydroxyl groups is 1.